The van der Waals surface area contributed by atoms with Crippen LogP contribution < -0.4 is 5.73 Å². The Hall–Kier alpha value is 0.240. The van der Waals surface area contributed by atoms with Gasteiger partial charge in [0.2, 0.25) is 0 Å². The van der Waals surface area contributed by atoms with Crippen molar-refractivity contribution in [2.45, 2.75) is 19.4 Å². The van der Waals surface area contributed by atoms with E-state index in [1.807, 2.05) is 13.8 Å². The van der Waals surface area contributed by atoms with Gasteiger partial charge in [0.05, 0.1) is 10.0 Å². The Morgan fingerprint density at radius 2 is 2.00 bits per heavy atom. The summed E-state index contributed by atoms with van der Waals surface area (Å²) in [4.78, 5) is 0.934. The van der Waals surface area contributed by atoms with Crippen molar-refractivity contribution < 1.29 is 0 Å². The molecule has 0 fully saturated rings. The zero-order chi connectivity index (χ0) is 8.65. The lowest BCUT2D eigenvalue weighted by molar-refractivity contribution is 0.567. The van der Waals surface area contributed by atoms with E-state index in [0.717, 1.165) is 4.88 Å². The standard InChI is InChI=1S/C7H9Cl2NS/c1-7(2,10)6-5(9)4(8)3-11-6/h3H,10H2,1-2H3. The monoisotopic (exact) mass is 209 g/mol. The molecule has 1 aromatic heterocycles. The van der Waals surface area contributed by atoms with Crippen LogP contribution in [-0.2, 0) is 5.54 Å². The maximum absolute atomic E-state index is 5.89. The molecule has 1 aromatic rings. The topological polar surface area (TPSA) is 26.0 Å². The highest BCUT2D eigenvalue weighted by atomic mass is 35.5. The minimum absolute atomic E-state index is 0.394. The third-order valence-electron chi connectivity index (χ3n) is 1.27. The fourth-order valence-corrected chi connectivity index (χ4v) is 2.39. The van der Waals surface area contributed by atoms with Gasteiger partial charge in [0.25, 0.3) is 0 Å². The van der Waals surface area contributed by atoms with E-state index < -0.39 is 5.54 Å². The van der Waals surface area contributed by atoms with Gasteiger partial charge >= 0.3 is 0 Å². The first-order valence-electron chi connectivity index (χ1n) is 3.15. The van der Waals surface area contributed by atoms with E-state index >= 15 is 0 Å². The molecule has 0 aliphatic heterocycles. The van der Waals surface area contributed by atoms with E-state index in [1.54, 1.807) is 5.38 Å². The molecule has 0 amide bonds. The summed E-state index contributed by atoms with van der Waals surface area (Å²) < 4.78 is 0. The highest BCUT2D eigenvalue weighted by Gasteiger charge is 2.21. The van der Waals surface area contributed by atoms with E-state index in [-0.39, 0.29) is 0 Å². The number of halogens is 2. The minimum Gasteiger partial charge on any atom is -0.321 e. The van der Waals surface area contributed by atoms with Crippen LogP contribution in [0.1, 0.15) is 18.7 Å². The van der Waals surface area contributed by atoms with Crippen LogP contribution in [0.5, 0.6) is 0 Å². The molecule has 1 nitrogen and oxygen atoms in total. The van der Waals surface area contributed by atoms with Gasteiger partial charge in [0, 0.05) is 15.8 Å². The second-order valence-electron chi connectivity index (χ2n) is 2.95. The third kappa shape index (κ3) is 1.88. The van der Waals surface area contributed by atoms with Crippen molar-refractivity contribution in [2.75, 3.05) is 0 Å². The van der Waals surface area contributed by atoms with Crippen molar-refractivity contribution in [3.05, 3.63) is 20.3 Å². The largest absolute Gasteiger partial charge is 0.321 e. The predicted octanol–water partition coefficient (Wildman–Crippen LogP) is 3.25. The molecule has 0 radical (unpaired) electrons. The maximum atomic E-state index is 5.89. The van der Waals surface area contributed by atoms with Gasteiger partial charge in [-0.05, 0) is 13.8 Å². The van der Waals surface area contributed by atoms with Gasteiger partial charge in [-0.15, -0.1) is 11.3 Å². The van der Waals surface area contributed by atoms with Crippen LogP contribution in [0.4, 0.5) is 0 Å². The molecule has 0 atom stereocenters. The molecule has 0 saturated heterocycles. The summed E-state index contributed by atoms with van der Waals surface area (Å²) in [6.45, 7) is 3.81. The van der Waals surface area contributed by atoms with Crippen molar-refractivity contribution in [1.29, 1.82) is 0 Å². The third-order valence-corrected chi connectivity index (χ3v) is 3.62. The Morgan fingerprint density at radius 3 is 2.18 bits per heavy atom. The zero-order valence-corrected chi connectivity index (χ0v) is 8.65. The lowest BCUT2D eigenvalue weighted by Crippen LogP contribution is -2.27. The zero-order valence-electron chi connectivity index (χ0n) is 6.32. The van der Waals surface area contributed by atoms with E-state index in [0.29, 0.717) is 10.0 Å². The normalized spacial score (nSPS) is 12.1. The summed E-state index contributed by atoms with van der Waals surface area (Å²) in [6, 6.07) is 0. The minimum atomic E-state index is -0.394. The number of rotatable bonds is 1. The van der Waals surface area contributed by atoms with Crippen LogP contribution in [0.15, 0.2) is 5.38 Å². The molecular formula is C7H9Cl2NS. The summed E-state index contributed by atoms with van der Waals surface area (Å²) in [5, 5.41) is 2.97. The van der Waals surface area contributed by atoms with Gasteiger partial charge in [-0.3, -0.25) is 0 Å². The highest BCUT2D eigenvalue weighted by Crippen LogP contribution is 2.37. The molecular weight excluding hydrogens is 201 g/mol. The van der Waals surface area contributed by atoms with Gasteiger partial charge in [-0.25, -0.2) is 0 Å². The lowest BCUT2D eigenvalue weighted by atomic mass is 10.1. The van der Waals surface area contributed by atoms with Crippen molar-refractivity contribution in [3.63, 3.8) is 0 Å². The second kappa shape index (κ2) is 2.94. The number of hydrogen-bond acceptors (Lipinski definition) is 2. The Balaban J connectivity index is 3.15. The van der Waals surface area contributed by atoms with E-state index in [1.165, 1.54) is 11.3 Å². The first-order valence-corrected chi connectivity index (χ1v) is 4.78. The maximum Gasteiger partial charge on any atom is 0.0750 e. The molecule has 4 heteroatoms. The summed E-state index contributed by atoms with van der Waals surface area (Å²) in [5.74, 6) is 0. The van der Waals surface area contributed by atoms with E-state index in [9.17, 15) is 0 Å². The average Bonchev–Trinajstić information content (AvgIpc) is 2.11. The predicted molar refractivity (Wildman–Crippen MR) is 51.6 cm³/mol. The van der Waals surface area contributed by atoms with Crippen LogP contribution in [0.2, 0.25) is 10.0 Å². The molecule has 0 saturated carbocycles. The fraction of sp³-hybridized carbons (Fsp3) is 0.429. The molecule has 0 spiro atoms. The molecule has 0 aromatic carbocycles. The van der Waals surface area contributed by atoms with Crippen molar-refractivity contribution in [3.8, 4) is 0 Å². The molecule has 0 aliphatic rings. The SMILES string of the molecule is CC(C)(N)c1scc(Cl)c1Cl. The smallest absolute Gasteiger partial charge is 0.0750 e. The molecule has 62 valence electrons. The molecule has 0 unspecified atom stereocenters. The van der Waals surface area contributed by atoms with Crippen molar-refractivity contribution >= 4 is 34.5 Å². The first kappa shape index (κ1) is 9.33. The van der Waals surface area contributed by atoms with Gasteiger partial charge < -0.3 is 5.73 Å². The summed E-state index contributed by atoms with van der Waals surface area (Å²) in [5.41, 5.74) is 5.44. The Bertz CT molecular complexity index is 262. The fourth-order valence-electron chi connectivity index (χ4n) is 0.757. The summed E-state index contributed by atoms with van der Waals surface area (Å²) in [6.07, 6.45) is 0. The lowest BCUT2D eigenvalue weighted by Gasteiger charge is -2.16. The Kier molecular flexibility index (Phi) is 2.49. The van der Waals surface area contributed by atoms with Gasteiger partial charge in [0.1, 0.15) is 0 Å². The second-order valence-corrected chi connectivity index (χ2v) is 4.61. The van der Waals surface area contributed by atoms with Crippen LogP contribution in [-0.4, -0.2) is 0 Å². The quantitative estimate of drug-likeness (QED) is 0.756. The number of hydrogen-bond donors (Lipinski definition) is 1. The van der Waals surface area contributed by atoms with Gasteiger partial charge in [-0.2, -0.15) is 0 Å². The summed E-state index contributed by atoms with van der Waals surface area (Å²) in [7, 11) is 0. The molecule has 1 rings (SSSR count). The number of thiophene rings is 1. The Morgan fingerprint density at radius 1 is 1.45 bits per heavy atom. The van der Waals surface area contributed by atoms with Crippen molar-refractivity contribution in [2.24, 2.45) is 5.73 Å². The van der Waals surface area contributed by atoms with Crippen LogP contribution >= 0.6 is 34.5 Å². The van der Waals surface area contributed by atoms with Crippen LogP contribution in [0, 0.1) is 0 Å². The van der Waals surface area contributed by atoms with Crippen LogP contribution in [0.25, 0.3) is 0 Å². The van der Waals surface area contributed by atoms with Gasteiger partial charge in [0.15, 0.2) is 0 Å². The Labute approximate surface area is 80.1 Å². The molecule has 1 heterocycles. The summed E-state index contributed by atoms with van der Waals surface area (Å²) >= 11 is 13.1. The average molecular weight is 210 g/mol. The molecule has 0 bridgehead atoms. The molecule has 2 N–H and O–H groups in total. The van der Waals surface area contributed by atoms with Gasteiger partial charge in [-0.1, -0.05) is 23.2 Å². The van der Waals surface area contributed by atoms with E-state index in [4.69, 9.17) is 28.9 Å². The first-order chi connectivity index (χ1) is 4.93. The number of nitrogens with two attached hydrogens (primary N) is 1. The van der Waals surface area contributed by atoms with E-state index in [2.05, 4.69) is 0 Å². The van der Waals surface area contributed by atoms with Crippen LogP contribution in [0.3, 0.4) is 0 Å². The molecule has 11 heavy (non-hydrogen) atoms. The molecule has 0 aliphatic carbocycles. The highest BCUT2D eigenvalue weighted by molar-refractivity contribution is 7.11. The van der Waals surface area contributed by atoms with Crippen molar-refractivity contribution in [1.82, 2.24) is 0 Å².